The summed E-state index contributed by atoms with van der Waals surface area (Å²) in [4.78, 5) is 0. The molecule has 1 aromatic carbocycles. The highest BCUT2D eigenvalue weighted by atomic mass is 16.3. The van der Waals surface area contributed by atoms with E-state index in [2.05, 4.69) is 17.4 Å². The Hall–Kier alpha value is -0.900. The summed E-state index contributed by atoms with van der Waals surface area (Å²) in [5.41, 5.74) is 8.20. The zero-order chi connectivity index (χ0) is 12.1. The van der Waals surface area contributed by atoms with Crippen LogP contribution in [0, 0.1) is 0 Å². The molecule has 1 aliphatic rings. The Bertz CT molecular complexity index is 337. The predicted molar refractivity (Wildman–Crippen MR) is 69.4 cm³/mol. The van der Waals surface area contributed by atoms with Crippen LogP contribution in [0.5, 0.6) is 0 Å². The second kappa shape index (κ2) is 6.15. The molecule has 1 aromatic rings. The van der Waals surface area contributed by atoms with Gasteiger partial charge in [0, 0.05) is 18.6 Å². The van der Waals surface area contributed by atoms with Crippen LogP contribution >= 0.6 is 0 Å². The van der Waals surface area contributed by atoms with Crippen molar-refractivity contribution < 1.29 is 5.11 Å². The largest absolute Gasteiger partial charge is 0.392 e. The highest BCUT2D eigenvalue weighted by Crippen LogP contribution is 2.17. The molecular formula is C14H22N2O. The van der Waals surface area contributed by atoms with Crippen molar-refractivity contribution in [3.8, 4) is 0 Å². The molecule has 0 amide bonds. The minimum absolute atomic E-state index is 0.116. The van der Waals surface area contributed by atoms with Crippen LogP contribution in [0.1, 0.15) is 36.8 Å². The maximum absolute atomic E-state index is 8.96. The monoisotopic (exact) mass is 234 g/mol. The van der Waals surface area contributed by atoms with Crippen molar-refractivity contribution in [1.29, 1.82) is 0 Å². The van der Waals surface area contributed by atoms with Crippen molar-refractivity contribution in [1.82, 2.24) is 5.32 Å². The molecule has 0 aliphatic heterocycles. The third kappa shape index (κ3) is 3.80. The second-order valence-electron chi connectivity index (χ2n) is 4.98. The zero-order valence-electron chi connectivity index (χ0n) is 10.2. The Morgan fingerprint density at radius 2 is 1.88 bits per heavy atom. The van der Waals surface area contributed by atoms with Crippen molar-refractivity contribution in [3.05, 3.63) is 35.4 Å². The fourth-order valence-electron chi connectivity index (χ4n) is 2.44. The van der Waals surface area contributed by atoms with Crippen LogP contribution in [-0.2, 0) is 13.2 Å². The van der Waals surface area contributed by atoms with Gasteiger partial charge in [-0.15, -0.1) is 0 Å². The fourth-order valence-corrected chi connectivity index (χ4v) is 2.44. The second-order valence-corrected chi connectivity index (χ2v) is 4.98. The molecule has 3 nitrogen and oxygen atoms in total. The number of rotatable bonds is 4. The average Bonchev–Trinajstić information content (AvgIpc) is 2.37. The Morgan fingerprint density at radius 1 is 1.18 bits per heavy atom. The minimum Gasteiger partial charge on any atom is -0.392 e. The normalized spacial score (nSPS) is 24.8. The van der Waals surface area contributed by atoms with Crippen LogP contribution in [0.2, 0.25) is 0 Å². The Kier molecular flexibility index (Phi) is 4.54. The molecule has 0 spiro atoms. The molecular weight excluding hydrogens is 212 g/mol. The van der Waals surface area contributed by atoms with Crippen LogP contribution in [0.25, 0.3) is 0 Å². The third-order valence-corrected chi connectivity index (χ3v) is 3.52. The lowest BCUT2D eigenvalue weighted by atomic mass is 9.91. The molecule has 0 aromatic heterocycles. The summed E-state index contributed by atoms with van der Waals surface area (Å²) in [6.07, 6.45) is 4.74. The van der Waals surface area contributed by atoms with Crippen molar-refractivity contribution in [2.24, 2.45) is 5.73 Å². The summed E-state index contributed by atoms with van der Waals surface area (Å²) in [5.74, 6) is 0. The van der Waals surface area contributed by atoms with Crippen molar-refractivity contribution >= 4 is 0 Å². The van der Waals surface area contributed by atoms with Crippen LogP contribution in [0.4, 0.5) is 0 Å². The van der Waals surface area contributed by atoms with Gasteiger partial charge in [0.15, 0.2) is 0 Å². The SMILES string of the molecule is NC1CCCC(NCc2ccc(CO)cc2)C1. The van der Waals surface area contributed by atoms with E-state index in [0.29, 0.717) is 12.1 Å². The molecule has 0 bridgehead atoms. The molecule has 1 saturated carbocycles. The van der Waals surface area contributed by atoms with Gasteiger partial charge < -0.3 is 16.2 Å². The molecule has 0 saturated heterocycles. The van der Waals surface area contributed by atoms with Gasteiger partial charge in [-0.3, -0.25) is 0 Å². The van der Waals surface area contributed by atoms with E-state index in [1.807, 2.05) is 12.1 Å². The number of nitrogens with two attached hydrogens (primary N) is 1. The number of aliphatic hydroxyl groups excluding tert-OH is 1. The molecule has 17 heavy (non-hydrogen) atoms. The molecule has 1 aliphatic carbocycles. The highest BCUT2D eigenvalue weighted by molar-refractivity contribution is 5.21. The standard InChI is InChI=1S/C14H22N2O/c15-13-2-1-3-14(8-13)16-9-11-4-6-12(10-17)7-5-11/h4-7,13-14,16-17H,1-3,8-10,15H2. The van der Waals surface area contributed by atoms with Crippen molar-refractivity contribution in [2.45, 2.75) is 50.9 Å². The topological polar surface area (TPSA) is 58.3 Å². The van der Waals surface area contributed by atoms with Crippen LogP contribution < -0.4 is 11.1 Å². The van der Waals surface area contributed by atoms with Gasteiger partial charge in [0.25, 0.3) is 0 Å². The van der Waals surface area contributed by atoms with Gasteiger partial charge in [-0.25, -0.2) is 0 Å². The van der Waals surface area contributed by atoms with E-state index in [1.165, 1.54) is 24.8 Å². The first-order chi connectivity index (χ1) is 8.28. The van der Waals surface area contributed by atoms with Gasteiger partial charge >= 0.3 is 0 Å². The molecule has 0 radical (unpaired) electrons. The summed E-state index contributed by atoms with van der Waals surface area (Å²) in [6, 6.07) is 9.03. The Morgan fingerprint density at radius 3 is 2.53 bits per heavy atom. The smallest absolute Gasteiger partial charge is 0.0681 e. The minimum atomic E-state index is 0.116. The highest BCUT2D eigenvalue weighted by Gasteiger charge is 2.18. The molecule has 0 heterocycles. The molecule has 2 unspecified atom stereocenters. The lowest BCUT2D eigenvalue weighted by molar-refractivity contribution is 0.282. The van der Waals surface area contributed by atoms with E-state index >= 15 is 0 Å². The summed E-state index contributed by atoms with van der Waals surface area (Å²) < 4.78 is 0. The Labute approximate surface area is 103 Å². The maximum Gasteiger partial charge on any atom is 0.0681 e. The van der Waals surface area contributed by atoms with Gasteiger partial charge in [-0.05, 0) is 30.4 Å². The number of nitrogens with one attached hydrogen (secondary N) is 1. The van der Waals surface area contributed by atoms with Gasteiger partial charge in [0.05, 0.1) is 6.61 Å². The quantitative estimate of drug-likeness (QED) is 0.740. The van der Waals surface area contributed by atoms with Crippen molar-refractivity contribution in [3.63, 3.8) is 0 Å². The molecule has 4 N–H and O–H groups in total. The summed E-state index contributed by atoms with van der Waals surface area (Å²) >= 11 is 0. The fraction of sp³-hybridized carbons (Fsp3) is 0.571. The van der Waals surface area contributed by atoms with Crippen molar-refractivity contribution in [2.75, 3.05) is 0 Å². The first-order valence-corrected chi connectivity index (χ1v) is 6.45. The molecule has 3 heteroatoms. The average molecular weight is 234 g/mol. The van der Waals surface area contributed by atoms with Crippen LogP contribution in [0.3, 0.4) is 0 Å². The predicted octanol–water partition coefficient (Wildman–Crippen LogP) is 1.54. The van der Waals surface area contributed by atoms with E-state index in [9.17, 15) is 0 Å². The van der Waals surface area contributed by atoms with Gasteiger partial charge in [-0.1, -0.05) is 30.7 Å². The number of benzene rings is 1. The molecule has 1 fully saturated rings. The molecule has 2 rings (SSSR count). The van der Waals surface area contributed by atoms with Gasteiger partial charge in [-0.2, -0.15) is 0 Å². The van der Waals surface area contributed by atoms with E-state index in [4.69, 9.17) is 10.8 Å². The Balaban J connectivity index is 1.80. The van der Waals surface area contributed by atoms with Gasteiger partial charge in [0.2, 0.25) is 0 Å². The van der Waals surface area contributed by atoms with E-state index in [0.717, 1.165) is 18.5 Å². The first-order valence-electron chi connectivity index (χ1n) is 6.45. The number of hydrogen-bond donors (Lipinski definition) is 3. The lowest BCUT2D eigenvalue weighted by Crippen LogP contribution is -2.39. The lowest BCUT2D eigenvalue weighted by Gasteiger charge is -2.27. The van der Waals surface area contributed by atoms with Gasteiger partial charge in [0.1, 0.15) is 0 Å². The van der Waals surface area contributed by atoms with E-state index in [-0.39, 0.29) is 6.61 Å². The van der Waals surface area contributed by atoms with Crippen LogP contribution in [-0.4, -0.2) is 17.2 Å². The van der Waals surface area contributed by atoms with E-state index in [1.54, 1.807) is 0 Å². The maximum atomic E-state index is 8.96. The van der Waals surface area contributed by atoms with Crippen LogP contribution in [0.15, 0.2) is 24.3 Å². The molecule has 2 atom stereocenters. The number of aliphatic hydroxyl groups is 1. The summed E-state index contributed by atoms with van der Waals surface area (Å²) in [5, 5.41) is 12.5. The zero-order valence-corrected chi connectivity index (χ0v) is 10.2. The van der Waals surface area contributed by atoms with E-state index < -0.39 is 0 Å². The summed E-state index contributed by atoms with van der Waals surface area (Å²) in [6.45, 7) is 1.01. The third-order valence-electron chi connectivity index (χ3n) is 3.52. The summed E-state index contributed by atoms with van der Waals surface area (Å²) in [7, 11) is 0. The molecule has 94 valence electrons. The first kappa shape index (κ1) is 12.6. The number of hydrogen-bond acceptors (Lipinski definition) is 3.